The summed E-state index contributed by atoms with van der Waals surface area (Å²) in [5.41, 5.74) is 0.409. The lowest BCUT2D eigenvalue weighted by Gasteiger charge is -2.34. The van der Waals surface area contributed by atoms with Crippen molar-refractivity contribution >= 4 is 0 Å². The molecule has 2 atom stereocenters. The highest BCUT2D eigenvalue weighted by atomic mass is 15.2. The van der Waals surface area contributed by atoms with E-state index in [-0.39, 0.29) is 0 Å². The average molecular weight is 226 g/mol. The maximum absolute atomic E-state index is 3.71. The van der Waals surface area contributed by atoms with Gasteiger partial charge in [0.25, 0.3) is 0 Å². The Hall–Kier alpha value is -0.0800. The van der Waals surface area contributed by atoms with Crippen molar-refractivity contribution in [2.24, 2.45) is 5.41 Å². The van der Waals surface area contributed by atoms with Gasteiger partial charge in [0.2, 0.25) is 0 Å². The average Bonchev–Trinajstić information content (AvgIpc) is 2.59. The number of nitrogens with zero attached hydrogens (tertiary/aromatic N) is 1. The molecule has 0 heterocycles. The van der Waals surface area contributed by atoms with Crippen LogP contribution in [0.4, 0.5) is 0 Å². The fraction of sp³-hybridized carbons (Fsp3) is 1.00. The number of hydrogen-bond acceptors (Lipinski definition) is 2. The Morgan fingerprint density at radius 1 is 1.25 bits per heavy atom. The quantitative estimate of drug-likeness (QED) is 0.775. The molecule has 0 aromatic heterocycles. The normalized spacial score (nSPS) is 26.6. The van der Waals surface area contributed by atoms with Crippen molar-refractivity contribution in [2.45, 2.75) is 65.5 Å². The molecule has 0 bridgehead atoms. The van der Waals surface area contributed by atoms with Gasteiger partial charge in [0.15, 0.2) is 0 Å². The second kappa shape index (κ2) is 6.02. The van der Waals surface area contributed by atoms with Crippen LogP contribution in [0.1, 0.15) is 53.4 Å². The summed E-state index contributed by atoms with van der Waals surface area (Å²) in [6.45, 7) is 11.6. The van der Waals surface area contributed by atoms with Crippen molar-refractivity contribution in [1.82, 2.24) is 10.2 Å². The van der Waals surface area contributed by atoms with Gasteiger partial charge in [-0.3, -0.25) is 0 Å². The van der Waals surface area contributed by atoms with Gasteiger partial charge in [-0.15, -0.1) is 0 Å². The van der Waals surface area contributed by atoms with Crippen LogP contribution in [0.3, 0.4) is 0 Å². The van der Waals surface area contributed by atoms with E-state index in [4.69, 9.17) is 0 Å². The Bertz CT molecular complexity index is 195. The Labute approximate surface area is 102 Å². The van der Waals surface area contributed by atoms with Gasteiger partial charge in [0.05, 0.1) is 0 Å². The number of hydrogen-bond donors (Lipinski definition) is 1. The van der Waals surface area contributed by atoms with Crippen LogP contribution >= 0.6 is 0 Å². The van der Waals surface area contributed by atoms with Crippen molar-refractivity contribution in [3.05, 3.63) is 0 Å². The van der Waals surface area contributed by atoms with Gasteiger partial charge in [-0.05, 0) is 38.3 Å². The molecule has 0 radical (unpaired) electrons. The molecular weight excluding hydrogens is 196 g/mol. The first-order valence-electron chi connectivity index (χ1n) is 6.87. The molecule has 2 nitrogen and oxygen atoms in total. The standard InChI is InChI=1S/C14H30N2/c1-6-10-15-12-8-7-9-13(12)16(5)11-14(2,3)4/h12-13,15H,6-11H2,1-5H3. The highest BCUT2D eigenvalue weighted by Gasteiger charge is 2.31. The highest BCUT2D eigenvalue weighted by molar-refractivity contribution is 4.90. The van der Waals surface area contributed by atoms with E-state index in [1.807, 2.05) is 0 Å². The molecule has 0 spiro atoms. The second-order valence-electron chi connectivity index (χ2n) is 6.53. The monoisotopic (exact) mass is 226 g/mol. The van der Waals surface area contributed by atoms with E-state index in [1.165, 1.54) is 38.8 Å². The van der Waals surface area contributed by atoms with E-state index in [9.17, 15) is 0 Å². The summed E-state index contributed by atoms with van der Waals surface area (Å²) in [5, 5.41) is 3.71. The minimum Gasteiger partial charge on any atom is -0.312 e. The third-order valence-corrected chi connectivity index (χ3v) is 3.43. The van der Waals surface area contributed by atoms with E-state index >= 15 is 0 Å². The SMILES string of the molecule is CCCNC1CCCC1N(C)CC(C)(C)C. The van der Waals surface area contributed by atoms with Crippen LogP contribution in [0.15, 0.2) is 0 Å². The molecule has 1 rings (SSSR count). The van der Waals surface area contributed by atoms with E-state index in [0.29, 0.717) is 5.41 Å². The van der Waals surface area contributed by atoms with Gasteiger partial charge in [0, 0.05) is 18.6 Å². The largest absolute Gasteiger partial charge is 0.312 e. The summed E-state index contributed by atoms with van der Waals surface area (Å²) in [7, 11) is 2.29. The van der Waals surface area contributed by atoms with Gasteiger partial charge in [0.1, 0.15) is 0 Å². The molecule has 1 aliphatic rings. The van der Waals surface area contributed by atoms with Crippen LogP contribution < -0.4 is 5.32 Å². The summed E-state index contributed by atoms with van der Waals surface area (Å²) in [5.74, 6) is 0. The van der Waals surface area contributed by atoms with E-state index in [1.54, 1.807) is 0 Å². The molecule has 2 heteroatoms. The summed E-state index contributed by atoms with van der Waals surface area (Å²) in [4.78, 5) is 2.57. The van der Waals surface area contributed by atoms with Crippen molar-refractivity contribution in [1.29, 1.82) is 0 Å². The van der Waals surface area contributed by atoms with Crippen LogP contribution in [-0.2, 0) is 0 Å². The third-order valence-electron chi connectivity index (χ3n) is 3.43. The fourth-order valence-electron chi connectivity index (χ4n) is 2.90. The van der Waals surface area contributed by atoms with Gasteiger partial charge in [-0.25, -0.2) is 0 Å². The van der Waals surface area contributed by atoms with Crippen LogP contribution in [0.2, 0.25) is 0 Å². The third kappa shape index (κ3) is 4.42. The predicted molar refractivity (Wildman–Crippen MR) is 71.8 cm³/mol. The zero-order chi connectivity index (χ0) is 12.2. The number of rotatable bonds is 5. The molecule has 0 aromatic carbocycles. The minimum absolute atomic E-state index is 0.409. The molecule has 1 N–H and O–H groups in total. The predicted octanol–water partition coefficient (Wildman–Crippen LogP) is 2.89. The lowest BCUT2D eigenvalue weighted by atomic mass is 9.95. The lowest BCUT2D eigenvalue weighted by molar-refractivity contribution is 0.154. The maximum atomic E-state index is 3.71. The molecule has 96 valence electrons. The van der Waals surface area contributed by atoms with Gasteiger partial charge >= 0.3 is 0 Å². The second-order valence-corrected chi connectivity index (χ2v) is 6.53. The molecule has 2 unspecified atom stereocenters. The molecule has 0 saturated heterocycles. The van der Waals surface area contributed by atoms with E-state index in [0.717, 1.165) is 12.1 Å². The van der Waals surface area contributed by atoms with Crippen LogP contribution in [0.25, 0.3) is 0 Å². The summed E-state index contributed by atoms with van der Waals surface area (Å²) < 4.78 is 0. The van der Waals surface area contributed by atoms with Crippen molar-refractivity contribution in [3.8, 4) is 0 Å². The Morgan fingerprint density at radius 3 is 2.50 bits per heavy atom. The molecule has 1 fully saturated rings. The number of likely N-dealkylation sites (N-methyl/N-ethyl adjacent to an activating group) is 1. The first-order chi connectivity index (χ1) is 7.44. The van der Waals surface area contributed by atoms with E-state index in [2.05, 4.69) is 45.0 Å². The molecule has 1 saturated carbocycles. The number of nitrogens with one attached hydrogen (secondary N) is 1. The first-order valence-corrected chi connectivity index (χ1v) is 6.87. The fourth-order valence-corrected chi connectivity index (χ4v) is 2.90. The Kier molecular flexibility index (Phi) is 5.26. The van der Waals surface area contributed by atoms with Crippen molar-refractivity contribution in [2.75, 3.05) is 20.1 Å². The molecule has 0 aromatic rings. The molecule has 0 amide bonds. The Balaban J connectivity index is 2.44. The van der Waals surface area contributed by atoms with Crippen molar-refractivity contribution < 1.29 is 0 Å². The molecule has 16 heavy (non-hydrogen) atoms. The zero-order valence-electron chi connectivity index (χ0n) is 11.8. The lowest BCUT2D eigenvalue weighted by Crippen LogP contribution is -2.47. The van der Waals surface area contributed by atoms with Gasteiger partial charge in [-0.2, -0.15) is 0 Å². The van der Waals surface area contributed by atoms with Gasteiger partial charge < -0.3 is 10.2 Å². The summed E-state index contributed by atoms with van der Waals surface area (Å²) >= 11 is 0. The smallest absolute Gasteiger partial charge is 0.0246 e. The van der Waals surface area contributed by atoms with Crippen molar-refractivity contribution in [3.63, 3.8) is 0 Å². The Morgan fingerprint density at radius 2 is 1.94 bits per heavy atom. The van der Waals surface area contributed by atoms with E-state index < -0.39 is 0 Å². The highest BCUT2D eigenvalue weighted by Crippen LogP contribution is 2.26. The minimum atomic E-state index is 0.409. The van der Waals surface area contributed by atoms with Crippen LogP contribution in [0.5, 0.6) is 0 Å². The van der Waals surface area contributed by atoms with Crippen LogP contribution in [0, 0.1) is 5.41 Å². The topological polar surface area (TPSA) is 15.3 Å². The summed E-state index contributed by atoms with van der Waals surface area (Å²) in [6, 6.07) is 1.48. The maximum Gasteiger partial charge on any atom is 0.0246 e. The first kappa shape index (κ1) is 14.0. The van der Waals surface area contributed by atoms with Crippen LogP contribution in [-0.4, -0.2) is 37.1 Å². The zero-order valence-corrected chi connectivity index (χ0v) is 11.8. The van der Waals surface area contributed by atoms with Gasteiger partial charge in [-0.1, -0.05) is 34.1 Å². The summed E-state index contributed by atoms with van der Waals surface area (Å²) in [6.07, 6.45) is 5.36. The molecular formula is C14H30N2. The molecule has 0 aliphatic heterocycles. The molecule has 1 aliphatic carbocycles.